The van der Waals surface area contributed by atoms with Crippen LogP contribution in [0, 0.1) is 6.92 Å². The van der Waals surface area contributed by atoms with Crippen LogP contribution in [0.3, 0.4) is 0 Å². The quantitative estimate of drug-likeness (QED) is 0.831. The molecule has 7 heteroatoms. The number of nitrogens with zero attached hydrogens (tertiary/aromatic N) is 1. The molecule has 0 saturated carbocycles. The largest absolute Gasteiger partial charge is 0.391 e. The van der Waals surface area contributed by atoms with Gasteiger partial charge in [0.1, 0.15) is 6.04 Å². The van der Waals surface area contributed by atoms with Crippen molar-refractivity contribution in [3.8, 4) is 0 Å². The fourth-order valence-electron chi connectivity index (χ4n) is 2.44. The molecular weight excluding hydrogens is 304 g/mol. The van der Waals surface area contributed by atoms with E-state index in [9.17, 15) is 18.3 Å². The Hall–Kier alpha value is -1.44. The third kappa shape index (κ3) is 3.85. The summed E-state index contributed by atoms with van der Waals surface area (Å²) in [6.07, 6.45) is 0.708. The van der Waals surface area contributed by atoms with Gasteiger partial charge in [0.05, 0.1) is 11.0 Å². The summed E-state index contributed by atoms with van der Waals surface area (Å²) in [6.45, 7) is 4.48. The van der Waals surface area contributed by atoms with Crippen LogP contribution in [-0.2, 0) is 14.8 Å². The SMILES string of the molecule is Cc1ccc(S(=O)(=O)N[C@H](C(=O)N2CCCC2)[C@@H](C)O)cc1. The number of benzene rings is 1. The summed E-state index contributed by atoms with van der Waals surface area (Å²) in [7, 11) is -3.85. The summed E-state index contributed by atoms with van der Waals surface area (Å²) in [4.78, 5) is 14.1. The average Bonchev–Trinajstić information content (AvgIpc) is 2.98. The molecule has 2 rings (SSSR count). The van der Waals surface area contributed by atoms with E-state index in [2.05, 4.69) is 4.72 Å². The highest BCUT2D eigenvalue weighted by atomic mass is 32.2. The van der Waals surface area contributed by atoms with E-state index < -0.39 is 22.2 Å². The van der Waals surface area contributed by atoms with Crippen molar-refractivity contribution < 1.29 is 18.3 Å². The van der Waals surface area contributed by atoms with Crippen molar-refractivity contribution in [2.24, 2.45) is 0 Å². The summed E-state index contributed by atoms with van der Waals surface area (Å²) < 4.78 is 27.1. The molecule has 6 nitrogen and oxygen atoms in total. The van der Waals surface area contributed by atoms with E-state index in [-0.39, 0.29) is 10.8 Å². The van der Waals surface area contributed by atoms with Crippen LogP contribution in [0.2, 0.25) is 0 Å². The van der Waals surface area contributed by atoms with Crippen molar-refractivity contribution in [1.82, 2.24) is 9.62 Å². The molecule has 1 heterocycles. The topological polar surface area (TPSA) is 86.7 Å². The first-order valence-corrected chi connectivity index (χ1v) is 8.85. The van der Waals surface area contributed by atoms with Crippen molar-refractivity contribution in [2.75, 3.05) is 13.1 Å². The third-order valence-corrected chi connectivity index (χ3v) is 5.24. The Bertz CT molecular complexity index is 619. The fourth-order valence-corrected chi connectivity index (χ4v) is 3.70. The second-order valence-corrected chi connectivity index (χ2v) is 7.40. The lowest BCUT2D eigenvalue weighted by Crippen LogP contribution is -2.52. The van der Waals surface area contributed by atoms with E-state index >= 15 is 0 Å². The first-order chi connectivity index (χ1) is 10.3. The second-order valence-electron chi connectivity index (χ2n) is 5.69. The van der Waals surface area contributed by atoms with E-state index in [4.69, 9.17) is 0 Å². The number of sulfonamides is 1. The molecule has 2 atom stereocenters. The molecule has 22 heavy (non-hydrogen) atoms. The summed E-state index contributed by atoms with van der Waals surface area (Å²) in [5.74, 6) is -0.372. The molecule has 2 N–H and O–H groups in total. The lowest BCUT2D eigenvalue weighted by molar-refractivity contribution is -0.134. The first-order valence-electron chi connectivity index (χ1n) is 7.37. The molecule has 1 saturated heterocycles. The number of aliphatic hydroxyl groups excluding tert-OH is 1. The molecule has 0 radical (unpaired) electrons. The predicted molar refractivity (Wildman–Crippen MR) is 82.8 cm³/mol. The van der Waals surface area contributed by atoms with Crippen LogP contribution in [0.5, 0.6) is 0 Å². The van der Waals surface area contributed by atoms with Crippen molar-refractivity contribution in [2.45, 2.75) is 43.7 Å². The van der Waals surface area contributed by atoms with Crippen LogP contribution >= 0.6 is 0 Å². The number of amides is 1. The van der Waals surface area contributed by atoms with Crippen LogP contribution < -0.4 is 4.72 Å². The smallest absolute Gasteiger partial charge is 0.243 e. The second kappa shape index (κ2) is 6.76. The zero-order valence-electron chi connectivity index (χ0n) is 12.8. The zero-order valence-corrected chi connectivity index (χ0v) is 13.6. The summed E-state index contributed by atoms with van der Waals surface area (Å²) in [5, 5.41) is 9.82. The Labute approximate surface area is 131 Å². The van der Waals surface area contributed by atoms with E-state index in [0.717, 1.165) is 18.4 Å². The van der Waals surface area contributed by atoms with E-state index in [1.54, 1.807) is 17.0 Å². The highest BCUT2D eigenvalue weighted by molar-refractivity contribution is 7.89. The zero-order chi connectivity index (χ0) is 16.3. The molecule has 1 aliphatic heterocycles. The van der Waals surface area contributed by atoms with Gasteiger partial charge in [0.25, 0.3) is 0 Å². The third-order valence-electron chi connectivity index (χ3n) is 3.78. The average molecular weight is 326 g/mol. The maximum absolute atomic E-state index is 12.4. The van der Waals surface area contributed by atoms with Gasteiger partial charge in [-0.15, -0.1) is 0 Å². The van der Waals surface area contributed by atoms with Crippen molar-refractivity contribution in [3.05, 3.63) is 29.8 Å². The standard InChI is InChI=1S/C15H22N2O4S/c1-11-5-7-13(8-6-11)22(20,21)16-14(12(2)18)15(19)17-9-3-4-10-17/h5-8,12,14,16,18H,3-4,9-10H2,1-2H3/t12-,14+/m1/s1. The summed E-state index contributed by atoms with van der Waals surface area (Å²) in [6, 6.07) is 5.18. The molecule has 1 aromatic carbocycles. The fraction of sp³-hybridized carbons (Fsp3) is 0.533. The molecular formula is C15H22N2O4S. The Kier molecular flexibility index (Phi) is 5.20. The number of likely N-dealkylation sites (tertiary alicyclic amines) is 1. The van der Waals surface area contributed by atoms with Gasteiger partial charge in [-0.3, -0.25) is 4.79 Å². The van der Waals surface area contributed by atoms with Crippen LogP contribution in [0.4, 0.5) is 0 Å². The van der Waals surface area contributed by atoms with Gasteiger partial charge in [-0.05, 0) is 38.8 Å². The van der Waals surface area contributed by atoms with Gasteiger partial charge in [-0.1, -0.05) is 17.7 Å². The van der Waals surface area contributed by atoms with Crippen LogP contribution in [0.1, 0.15) is 25.3 Å². The molecule has 0 bridgehead atoms. The normalized spacial score (nSPS) is 18.2. The van der Waals surface area contributed by atoms with Gasteiger partial charge in [0.15, 0.2) is 0 Å². The number of aryl methyl sites for hydroxylation is 1. The van der Waals surface area contributed by atoms with Gasteiger partial charge in [-0.25, -0.2) is 8.42 Å². The van der Waals surface area contributed by atoms with Crippen molar-refractivity contribution in [3.63, 3.8) is 0 Å². The Morgan fingerprint density at radius 2 is 1.77 bits per heavy atom. The Balaban J connectivity index is 2.19. The highest BCUT2D eigenvalue weighted by Gasteiger charge is 2.33. The Morgan fingerprint density at radius 3 is 2.27 bits per heavy atom. The first kappa shape index (κ1) is 16.9. The molecule has 1 amide bonds. The summed E-state index contributed by atoms with van der Waals surface area (Å²) >= 11 is 0. The minimum absolute atomic E-state index is 0.0815. The van der Waals surface area contributed by atoms with Gasteiger partial charge in [0.2, 0.25) is 15.9 Å². The number of nitrogens with one attached hydrogen (secondary N) is 1. The van der Waals surface area contributed by atoms with Gasteiger partial charge < -0.3 is 10.0 Å². The molecule has 0 aliphatic carbocycles. The number of carbonyl (C=O) groups excluding carboxylic acids is 1. The number of rotatable bonds is 5. The monoisotopic (exact) mass is 326 g/mol. The lowest BCUT2D eigenvalue weighted by atomic mass is 10.2. The number of carbonyl (C=O) groups is 1. The molecule has 122 valence electrons. The van der Waals surface area contributed by atoms with Crippen molar-refractivity contribution >= 4 is 15.9 Å². The van der Waals surface area contributed by atoms with Gasteiger partial charge >= 0.3 is 0 Å². The summed E-state index contributed by atoms with van der Waals surface area (Å²) in [5.41, 5.74) is 0.944. The van der Waals surface area contributed by atoms with E-state index in [1.807, 2.05) is 6.92 Å². The minimum atomic E-state index is -3.85. The molecule has 1 aromatic rings. The number of hydrogen-bond donors (Lipinski definition) is 2. The number of aliphatic hydroxyl groups is 1. The maximum Gasteiger partial charge on any atom is 0.243 e. The maximum atomic E-state index is 12.4. The van der Waals surface area contributed by atoms with Crippen LogP contribution in [0.15, 0.2) is 29.2 Å². The molecule has 0 spiro atoms. The number of hydrogen-bond acceptors (Lipinski definition) is 4. The molecule has 0 unspecified atom stereocenters. The van der Waals surface area contributed by atoms with Crippen molar-refractivity contribution in [1.29, 1.82) is 0 Å². The molecule has 0 aromatic heterocycles. The van der Waals surface area contributed by atoms with Gasteiger partial charge in [0, 0.05) is 13.1 Å². The predicted octanol–water partition coefficient (Wildman–Crippen LogP) is 0.645. The van der Waals surface area contributed by atoms with E-state index in [0.29, 0.717) is 13.1 Å². The Morgan fingerprint density at radius 1 is 1.23 bits per heavy atom. The lowest BCUT2D eigenvalue weighted by Gasteiger charge is -2.25. The van der Waals surface area contributed by atoms with E-state index in [1.165, 1.54) is 19.1 Å². The van der Waals surface area contributed by atoms with Gasteiger partial charge in [-0.2, -0.15) is 4.72 Å². The minimum Gasteiger partial charge on any atom is -0.391 e. The molecule has 1 fully saturated rings. The molecule has 1 aliphatic rings. The van der Waals surface area contributed by atoms with Crippen LogP contribution in [-0.4, -0.2) is 49.6 Å². The van der Waals surface area contributed by atoms with Crippen LogP contribution in [0.25, 0.3) is 0 Å². The highest BCUT2D eigenvalue weighted by Crippen LogP contribution is 2.14.